The first kappa shape index (κ1) is 15.9. The fourth-order valence-electron chi connectivity index (χ4n) is 1.62. The SMILES string of the molecule is COCCN(CC(=O)O)C(=O)c1cccc(OC)c1F. The number of nitrogens with zero attached hydrogens (tertiary/aromatic N) is 1. The molecule has 20 heavy (non-hydrogen) atoms. The summed E-state index contributed by atoms with van der Waals surface area (Å²) in [5.74, 6) is -2.79. The van der Waals surface area contributed by atoms with E-state index in [-0.39, 0.29) is 24.5 Å². The topological polar surface area (TPSA) is 76.1 Å². The first-order valence-corrected chi connectivity index (χ1v) is 5.83. The van der Waals surface area contributed by atoms with Crippen LogP contribution in [0.2, 0.25) is 0 Å². The maximum Gasteiger partial charge on any atom is 0.323 e. The van der Waals surface area contributed by atoms with E-state index >= 15 is 0 Å². The van der Waals surface area contributed by atoms with Crippen molar-refractivity contribution >= 4 is 11.9 Å². The standard InChI is InChI=1S/C13H16FNO5/c1-19-7-6-15(8-11(16)17)13(18)9-4-3-5-10(20-2)12(9)14/h3-5H,6-8H2,1-2H3,(H,16,17). The van der Waals surface area contributed by atoms with Gasteiger partial charge in [-0.25, -0.2) is 4.39 Å². The second kappa shape index (κ2) is 7.44. The molecule has 6 nitrogen and oxygen atoms in total. The van der Waals surface area contributed by atoms with Crippen LogP contribution in [0, 0.1) is 5.82 Å². The number of carbonyl (C=O) groups is 2. The zero-order chi connectivity index (χ0) is 15.1. The van der Waals surface area contributed by atoms with E-state index in [9.17, 15) is 14.0 Å². The lowest BCUT2D eigenvalue weighted by atomic mass is 10.1. The van der Waals surface area contributed by atoms with Crippen molar-refractivity contribution in [3.63, 3.8) is 0 Å². The van der Waals surface area contributed by atoms with Crippen LogP contribution in [-0.2, 0) is 9.53 Å². The lowest BCUT2D eigenvalue weighted by Crippen LogP contribution is -2.38. The second-order valence-corrected chi connectivity index (χ2v) is 3.94. The summed E-state index contributed by atoms with van der Waals surface area (Å²) < 4.78 is 23.6. The van der Waals surface area contributed by atoms with Crippen LogP contribution in [0.3, 0.4) is 0 Å². The summed E-state index contributed by atoms with van der Waals surface area (Å²) >= 11 is 0. The smallest absolute Gasteiger partial charge is 0.323 e. The quantitative estimate of drug-likeness (QED) is 0.809. The number of ether oxygens (including phenoxy) is 2. The van der Waals surface area contributed by atoms with Gasteiger partial charge in [0.25, 0.3) is 5.91 Å². The normalized spacial score (nSPS) is 10.2. The minimum atomic E-state index is -1.18. The predicted octanol–water partition coefficient (Wildman–Crippen LogP) is 1.01. The molecule has 1 amide bonds. The molecule has 0 saturated heterocycles. The van der Waals surface area contributed by atoms with E-state index in [0.717, 1.165) is 4.90 Å². The van der Waals surface area contributed by atoms with Crippen molar-refractivity contribution in [2.75, 3.05) is 33.9 Å². The summed E-state index contributed by atoms with van der Waals surface area (Å²) in [5.41, 5.74) is -0.235. The van der Waals surface area contributed by atoms with Crippen LogP contribution in [0.4, 0.5) is 4.39 Å². The third-order valence-corrected chi connectivity index (χ3v) is 2.59. The maximum atomic E-state index is 14.0. The number of rotatable bonds is 7. The number of aliphatic carboxylic acids is 1. The Morgan fingerprint density at radius 1 is 1.35 bits per heavy atom. The number of amides is 1. The average molecular weight is 285 g/mol. The molecular weight excluding hydrogens is 269 g/mol. The molecule has 0 bridgehead atoms. The Bertz CT molecular complexity index is 492. The van der Waals surface area contributed by atoms with Crippen LogP contribution in [0.5, 0.6) is 5.75 Å². The number of hydrogen-bond acceptors (Lipinski definition) is 4. The van der Waals surface area contributed by atoms with Crippen molar-refractivity contribution < 1.29 is 28.6 Å². The minimum Gasteiger partial charge on any atom is -0.494 e. The molecule has 0 aliphatic carbocycles. The molecule has 0 aliphatic rings. The third kappa shape index (κ3) is 3.92. The number of carboxylic acid groups (broad SMARTS) is 1. The van der Waals surface area contributed by atoms with Gasteiger partial charge < -0.3 is 19.5 Å². The zero-order valence-electron chi connectivity index (χ0n) is 11.3. The van der Waals surface area contributed by atoms with Crippen molar-refractivity contribution in [3.05, 3.63) is 29.6 Å². The van der Waals surface area contributed by atoms with Crippen LogP contribution < -0.4 is 4.74 Å². The van der Waals surface area contributed by atoms with Gasteiger partial charge in [0, 0.05) is 13.7 Å². The van der Waals surface area contributed by atoms with Gasteiger partial charge in [-0.15, -0.1) is 0 Å². The van der Waals surface area contributed by atoms with E-state index in [1.54, 1.807) is 0 Å². The van der Waals surface area contributed by atoms with Gasteiger partial charge in [-0.2, -0.15) is 0 Å². The Labute approximate surface area is 115 Å². The number of methoxy groups -OCH3 is 2. The highest BCUT2D eigenvalue weighted by Gasteiger charge is 2.22. The van der Waals surface area contributed by atoms with Gasteiger partial charge in [0.2, 0.25) is 0 Å². The fraction of sp³-hybridized carbons (Fsp3) is 0.385. The average Bonchev–Trinajstić information content (AvgIpc) is 2.42. The molecule has 0 atom stereocenters. The molecule has 1 rings (SSSR count). The Morgan fingerprint density at radius 2 is 2.05 bits per heavy atom. The highest BCUT2D eigenvalue weighted by atomic mass is 19.1. The monoisotopic (exact) mass is 285 g/mol. The zero-order valence-corrected chi connectivity index (χ0v) is 11.3. The highest BCUT2D eigenvalue weighted by Crippen LogP contribution is 2.21. The van der Waals surface area contributed by atoms with Crippen molar-refractivity contribution in [1.29, 1.82) is 0 Å². The van der Waals surface area contributed by atoms with E-state index in [2.05, 4.69) is 0 Å². The summed E-state index contributed by atoms with van der Waals surface area (Å²) in [5, 5.41) is 8.80. The first-order valence-electron chi connectivity index (χ1n) is 5.83. The highest BCUT2D eigenvalue weighted by molar-refractivity contribution is 5.96. The summed E-state index contributed by atoms with van der Waals surface area (Å²) in [4.78, 5) is 24.0. The number of halogens is 1. The second-order valence-electron chi connectivity index (χ2n) is 3.94. The van der Waals surface area contributed by atoms with Crippen molar-refractivity contribution in [2.24, 2.45) is 0 Å². The Morgan fingerprint density at radius 3 is 2.60 bits per heavy atom. The first-order chi connectivity index (χ1) is 9.51. The van der Waals surface area contributed by atoms with Gasteiger partial charge in [0.15, 0.2) is 11.6 Å². The largest absolute Gasteiger partial charge is 0.494 e. The van der Waals surface area contributed by atoms with Gasteiger partial charge in [-0.1, -0.05) is 6.07 Å². The van der Waals surface area contributed by atoms with Gasteiger partial charge in [-0.3, -0.25) is 9.59 Å². The van der Waals surface area contributed by atoms with Gasteiger partial charge >= 0.3 is 5.97 Å². The molecule has 0 heterocycles. The van der Waals surface area contributed by atoms with E-state index in [1.807, 2.05) is 0 Å². The maximum absolute atomic E-state index is 14.0. The number of benzene rings is 1. The molecule has 0 saturated carbocycles. The molecule has 110 valence electrons. The number of carbonyl (C=O) groups excluding carboxylic acids is 1. The molecule has 0 radical (unpaired) electrons. The third-order valence-electron chi connectivity index (χ3n) is 2.59. The molecule has 0 aromatic heterocycles. The molecule has 1 aromatic carbocycles. The van der Waals surface area contributed by atoms with E-state index in [1.165, 1.54) is 32.4 Å². The molecule has 7 heteroatoms. The van der Waals surface area contributed by atoms with E-state index in [4.69, 9.17) is 14.6 Å². The van der Waals surface area contributed by atoms with Crippen molar-refractivity contribution in [1.82, 2.24) is 4.90 Å². The number of hydrogen-bond donors (Lipinski definition) is 1. The summed E-state index contributed by atoms with van der Waals surface area (Å²) in [6.45, 7) is -0.318. The Balaban J connectivity index is 3.01. The molecular formula is C13H16FNO5. The fourth-order valence-corrected chi connectivity index (χ4v) is 1.62. The van der Waals surface area contributed by atoms with Gasteiger partial charge in [0.05, 0.1) is 19.3 Å². The van der Waals surface area contributed by atoms with Crippen LogP contribution in [-0.4, -0.2) is 55.8 Å². The van der Waals surface area contributed by atoms with E-state index < -0.39 is 24.2 Å². The van der Waals surface area contributed by atoms with Crippen molar-refractivity contribution in [2.45, 2.75) is 0 Å². The van der Waals surface area contributed by atoms with Gasteiger partial charge in [-0.05, 0) is 12.1 Å². The van der Waals surface area contributed by atoms with Crippen LogP contribution in [0.25, 0.3) is 0 Å². The summed E-state index contributed by atoms with van der Waals surface area (Å²) in [6, 6.07) is 4.12. The van der Waals surface area contributed by atoms with Gasteiger partial charge in [0.1, 0.15) is 6.54 Å². The predicted molar refractivity (Wildman–Crippen MR) is 68.4 cm³/mol. The minimum absolute atomic E-state index is 0.0539. The van der Waals surface area contributed by atoms with Crippen LogP contribution in [0.15, 0.2) is 18.2 Å². The molecule has 0 fully saturated rings. The lowest BCUT2D eigenvalue weighted by Gasteiger charge is -2.20. The van der Waals surface area contributed by atoms with Crippen LogP contribution >= 0.6 is 0 Å². The molecule has 0 spiro atoms. The Hall–Kier alpha value is -2.15. The molecule has 1 aromatic rings. The number of carboxylic acids is 1. The molecule has 0 unspecified atom stereocenters. The van der Waals surface area contributed by atoms with Crippen molar-refractivity contribution in [3.8, 4) is 5.75 Å². The Kier molecular flexibility index (Phi) is 5.92. The van der Waals surface area contributed by atoms with Crippen LogP contribution in [0.1, 0.15) is 10.4 Å². The van der Waals surface area contributed by atoms with E-state index in [0.29, 0.717) is 0 Å². The lowest BCUT2D eigenvalue weighted by molar-refractivity contribution is -0.137. The summed E-state index contributed by atoms with van der Waals surface area (Å²) in [7, 11) is 2.71. The molecule has 0 aliphatic heterocycles. The molecule has 1 N–H and O–H groups in total. The summed E-state index contributed by atoms with van der Waals surface area (Å²) in [6.07, 6.45) is 0.